The highest BCUT2D eigenvalue weighted by Gasteiger charge is 2.25. The van der Waals surface area contributed by atoms with Crippen LogP contribution in [0.4, 0.5) is 0 Å². The first-order valence-electron chi connectivity index (χ1n) is 5.76. The van der Waals surface area contributed by atoms with E-state index < -0.39 is 0 Å². The summed E-state index contributed by atoms with van der Waals surface area (Å²) in [5.41, 5.74) is 0.940. The van der Waals surface area contributed by atoms with Crippen molar-refractivity contribution in [1.29, 1.82) is 0 Å². The monoisotopic (exact) mass is 235 g/mol. The molecule has 17 heavy (non-hydrogen) atoms. The van der Waals surface area contributed by atoms with Gasteiger partial charge < -0.3 is 5.11 Å². The number of carbonyl (C=O) groups is 2. The molecule has 92 valence electrons. The molecule has 0 unspecified atom stereocenters. The van der Waals surface area contributed by atoms with E-state index in [1.807, 2.05) is 0 Å². The van der Waals surface area contributed by atoms with Crippen LogP contribution in [-0.2, 0) is 0 Å². The minimum atomic E-state index is -0.300. The molecule has 0 fully saturated rings. The Morgan fingerprint density at radius 1 is 1.06 bits per heavy atom. The quantitative estimate of drug-likeness (QED) is 0.619. The number of hydrogen-bond donors (Lipinski definition) is 2. The van der Waals surface area contributed by atoms with Gasteiger partial charge in [0.1, 0.15) is 0 Å². The summed E-state index contributed by atoms with van der Waals surface area (Å²) >= 11 is 0. The second-order valence-electron chi connectivity index (χ2n) is 3.76. The third-order valence-electron chi connectivity index (χ3n) is 2.41. The van der Waals surface area contributed by atoms with Crippen molar-refractivity contribution in [2.24, 2.45) is 0 Å². The fourth-order valence-corrected chi connectivity index (χ4v) is 1.48. The SMILES string of the molecule is CCCCCO.O=C1NC(=O)c2ccccc21. The van der Waals surface area contributed by atoms with Crippen molar-refractivity contribution in [3.63, 3.8) is 0 Å². The van der Waals surface area contributed by atoms with Gasteiger partial charge in [-0.25, -0.2) is 0 Å². The predicted octanol–water partition coefficient (Wildman–Crippen LogP) is 1.74. The molecule has 4 heteroatoms. The molecule has 1 aliphatic rings. The Morgan fingerprint density at radius 2 is 1.59 bits per heavy atom. The molecule has 2 rings (SSSR count). The zero-order valence-electron chi connectivity index (χ0n) is 9.90. The lowest BCUT2D eigenvalue weighted by Gasteiger charge is -1.88. The largest absolute Gasteiger partial charge is 0.396 e. The van der Waals surface area contributed by atoms with Crippen molar-refractivity contribution in [2.45, 2.75) is 26.2 Å². The molecule has 1 aromatic carbocycles. The van der Waals surface area contributed by atoms with Crippen LogP contribution in [-0.4, -0.2) is 23.5 Å². The van der Waals surface area contributed by atoms with Crippen LogP contribution >= 0.6 is 0 Å². The van der Waals surface area contributed by atoms with Crippen LogP contribution in [0.25, 0.3) is 0 Å². The number of aliphatic hydroxyl groups excluding tert-OH is 1. The van der Waals surface area contributed by atoms with Gasteiger partial charge in [-0.1, -0.05) is 31.9 Å². The van der Waals surface area contributed by atoms with E-state index in [-0.39, 0.29) is 11.8 Å². The summed E-state index contributed by atoms with van der Waals surface area (Å²) in [6.45, 7) is 2.48. The van der Waals surface area contributed by atoms with E-state index in [1.165, 1.54) is 6.42 Å². The predicted molar refractivity (Wildman–Crippen MR) is 64.8 cm³/mol. The molecule has 0 aromatic heterocycles. The van der Waals surface area contributed by atoms with Crippen molar-refractivity contribution in [3.8, 4) is 0 Å². The van der Waals surface area contributed by atoms with E-state index in [9.17, 15) is 9.59 Å². The van der Waals surface area contributed by atoms with Gasteiger partial charge in [-0.2, -0.15) is 0 Å². The van der Waals surface area contributed by atoms with E-state index in [2.05, 4.69) is 12.2 Å². The van der Waals surface area contributed by atoms with Gasteiger partial charge in [0.2, 0.25) is 0 Å². The summed E-state index contributed by atoms with van der Waals surface area (Å²) in [6.07, 6.45) is 3.33. The lowest BCUT2D eigenvalue weighted by molar-refractivity contribution is 0.0879. The minimum Gasteiger partial charge on any atom is -0.396 e. The van der Waals surface area contributed by atoms with Crippen LogP contribution in [0.5, 0.6) is 0 Å². The van der Waals surface area contributed by atoms with Gasteiger partial charge in [0.05, 0.1) is 11.1 Å². The number of carbonyl (C=O) groups excluding carboxylic acids is 2. The van der Waals surface area contributed by atoms with Gasteiger partial charge in [0.15, 0.2) is 0 Å². The first-order chi connectivity index (χ1) is 8.20. The Labute approximate surface area is 101 Å². The fraction of sp³-hybridized carbons (Fsp3) is 0.385. The molecule has 1 aromatic rings. The number of nitrogens with one attached hydrogen (secondary N) is 1. The van der Waals surface area contributed by atoms with E-state index in [0.717, 1.165) is 12.8 Å². The molecule has 1 heterocycles. The Balaban J connectivity index is 0.000000209. The highest BCUT2D eigenvalue weighted by molar-refractivity contribution is 6.21. The Hall–Kier alpha value is -1.68. The Bertz CT molecular complexity index is 364. The highest BCUT2D eigenvalue weighted by atomic mass is 16.3. The lowest BCUT2D eigenvalue weighted by Crippen LogP contribution is -2.19. The smallest absolute Gasteiger partial charge is 0.258 e. The molecule has 0 atom stereocenters. The van der Waals surface area contributed by atoms with Gasteiger partial charge in [-0.05, 0) is 18.6 Å². The summed E-state index contributed by atoms with van der Waals surface area (Å²) < 4.78 is 0. The standard InChI is InChI=1S/C8H5NO2.C5H12O/c10-7-5-3-1-2-4-6(5)8(11)9-7;1-2-3-4-5-6/h1-4H,(H,9,10,11);6H,2-5H2,1H3. The zero-order chi connectivity index (χ0) is 12.7. The number of imide groups is 1. The maximum absolute atomic E-state index is 10.9. The van der Waals surface area contributed by atoms with Crippen molar-refractivity contribution in [3.05, 3.63) is 35.4 Å². The van der Waals surface area contributed by atoms with Crippen LogP contribution < -0.4 is 5.32 Å². The van der Waals surface area contributed by atoms with Gasteiger partial charge in [0, 0.05) is 6.61 Å². The number of unbranched alkanes of at least 4 members (excludes halogenated alkanes) is 2. The number of benzene rings is 1. The third kappa shape index (κ3) is 3.67. The molecular formula is C13H17NO3. The normalized spacial score (nSPS) is 12.6. The second-order valence-corrected chi connectivity index (χ2v) is 3.76. The Kier molecular flexibility index (Phi) is 5.36. The van der Waals surface area contributed by atoms with Crippen LogP contribution in [0.3, 0.4) is 0 Å². The maximum atomic E-state index is 10.9. The van der Waals surface area contributed by atoms with Crippen molar-refractivity contribution in [2.75, 3.05) is 6.61 Å². The topological polar surface area (TPSA) is 66.4 Å². The average Bonchev–Trinajstić information content (AvgIpc) is 2.64. The summed E-state index contributed by atoms with van der Waals surface area (Å²) in [5.74, 6) is -0.601. The number of amides is 2. The number of rotatable bonds is 3. The van der Waals surface area contributed by atoms with Crippen molar-refractivity contribution >= 4 is 11.8 Å². The lowest BCUT2D eigenvalue weighted by atomic mass is 10.1. The number of hydrogen-bond acceptors (Lipinski definition) is 3. The third-order valence-corrected chi connectivity index (χ3v) is 2.41. The molecule has 4 nitrogen and oxygen atoms in total. The average molecular weight is 235 g/mol. The molecule has 0 saturated carbocycles. The molecule has 2 N–H and O–H groups in total. The van der Waals surface area contributed by atoms with Gasteiger partial charge >= 0.3 is 0 Å². The molecule has 0 spiro atoms. The molecule has 0 saturated heterocycles. The van der Waals surface area contributed by atoms with Crippen LogP contribution in [0.1, 0.15) is 46.9 Å². The first-order valence-corrected chi connectivity index (χ1v) is 5.76. The molecule has 0 aliphatic carbocycles. The molecular weight excluding hydrogens is 218 g/mol. The molecule has 1 aliphatic heterocycles. The summed E-state index contributed by atoms with van der Waals surface area (Å²) in [5, 5.41) is 10.4. The highest BCUT2D eigenvalue weighted by Crippen LogP contribution is 2.13. The molecule has 2 amide bonds. The van der Waals surface area contributed by atoms with Gasteiger partial charge in [-0.3, -0.25) is 14.9 Å². The first kappa shape index (κ1) is 13.4. The van der Waals surface area contributed by atoms with E-state index >= 15 is 0 Å². The van der Waals surface area contributed by atoms with Gasteiger partial charge in [0.25, 0.3) is 11.8 Å². The van der Waals surface area contributed by atoms with Crippen molar-refractivity contribution < 1.29 is 14.7 Å². The summed E-state index contributed by atoms with van der Waals surface area (Å²) in [6, 6.07) is 6.74. The number of aliphatic hydroxyl groups is 1. The van der Waals surface area contributed by atoms with Crippen LogP contribution in [0, 0.1) is 0 Å². The van der Waals surface area contributed by atoms with Crippen LogP contribution in [0.15, 0.2) is 24.3 Å². The Morgan fingerprint density at radius 3 is 1.94 bits per heavy atom. The van der Waals surface area contributed by atoms with Gasteiger partial charge in [-0.15, -0.1) is 0 Å². The van der Waals surface area contributed by atoms with E-state index in [1.54, 1.807) is 24.3 Å². The van der Waals surface area contributed by atoms with E-state index in [4.69, 9.17) is 5.11 Å². The number of fused-ring (bicyclic) bond motifs is 1. The van der Waals surface area contributed by atoms with Crippen molar-refractivity contribution in [1.82, 2.24) is 5.32 Å². The zero-order valence-corrected chi connectivity index (χ0v) is 9.90. The molecule has 0 radical (unpaired) electrons. The second kappa shape index (κ2) is 6.81. The minimum absolute atomic E-state index is 0.300. The summed E-state index contributed by atoms with van der Waals surface area (Å²) in [4.78, 5) is 21.9. The summed E-state index contributed by atoms with van der Waals surface area (Å²) in [7, 11) is 0. The fourth-order valence-electron chi connectivity index (χ4n) is 1.48. The van der Waals surface area contributed by atoms with Crippen LogP contribution in [0.2, 0.25) is 0 Å². The molecule has 0 bridgehead atoms. The maximum Gasteiger partial charge on any atom is 0.258 e. The van der Waals surface area contributed by atoms with E-state index in [0.29, 0.717) is 17.7 Å².